The summed E-state index contributed by atoms with van der Waals surface area (Å²) in [7, 11) is 0. The van der Waals surface area contributed by atoms with Gasteiger partial charge in [0.05, 0.1) is 12.5 Å². The van der Waals surface area contributed by atoms with Crippen molar-refractivity contribution < 1.29 is 48.8 Å². The summed E-state index contributed by atoms with van der Waals surface area (Å²) in [5.74, 6) is -4.07. The Labute approximate surface area is 282 Å². The fraction of sp³-hybridized carbons (Fsp3) is 0.778. The molecule has 48 heavy (non-hydrogen) atoms. The van der Waals surface area contributed by atoms with Gasteiger partial charge in [0.1, 0.15) is 17.7 Å². The zero-order valence-corrected chi connectivity index (χ0v) is 29.2. The molecule has 4 aliphatic carbocycles. The third kappa shape index (κ3) is 7.25. The Balaban J connectivity index is 1.32. The number of hydrogen-bond acceptors (Lipinski definition) is 9. The maximum Gasteiger partial charge on any atom is 0.326 e. The van der Waals surface area contributed by atoms with Crippen LogP contribution in [-0.2, 0) is 33.5 Å². The lowest BCUT2D eigenvalue weighted by Crippen LogP contribution is -2.62. The standard InChI is InChI=1S/C36H54N2O10/c1-19(2)15-25(33(45)46)37-32(44)31(20(3)4)38-28(42)9-10-29(43)48-18-27(41)36(47)14-12-24-23-8-7-21-16-22(39)11-13-34(21,5)30(23)26(40)17-35(24,36)6/h16,19-20,23-26,30-31,40,47H,7-15,17-18H2,1-6H3,(H,37,44)(H,38,42)(H,45,46)/t23-,24+,25-,26-,30-,31+,34-,35-,36-/m0/s1. The van der Waals surface area contributed by atoms with Crippen molar-refractivity contribution in [1.29, 1.82) is 0 Å². The molecule has 12 nitrogen and oxygen atoms in total. The summed E-state index contributed by atoms with van der Waals surface area (Å²) in [4.78, 5) is 75.4. The van der Waals surface area contributed by atoms with Crippen molar-refractivity contribution in [1.82, 2.24) is 10.6 Å². The van der Waals surface area contributed by atoms with Crippen LogP contribution in [0.5, 0.6) is 0 Å². The number of amides is 2. The lowest BCUT2D eigenvalue weighted by atomic mass is 9.45. The van der Waals surface area contributed by atoms with Crippen LogP contribution in [0.1, 0.15) is 106 Å². The molecule has 2 amide bonds. The van der Waals surface area contributed by atoms with Gasteiger partial charge >= 0.3 is 11.9 Å². The summed E-state index contributed by atoms with van der Waals surface area (Å²) >= 11 is 0. The maximum atomic E-state index is 13.5. The number of ether oxygens (including phenoxy) is 1. The Morgan fingerprint density at radius 2 is 1.69 bits per heavy atom. The van der Waals surface area contributed by atoms with E-state index in [0.717, 1.165) is 18.4 Å². The highest BCUT2D eigenvalue weighted by molar-refractivity contribution is 5.93. The van der Waals surface area contributed by atoms with Crippen LogP contribution >= 0.6 is 0 Å². The van der Waals surface area contributed by atoms with E-state index in [1.165, 1.54) is 0 Å². The van der Waals surface area contributed by atoms with E-state index in [2.05, 4.69) is 17.6 Å². The van der Waals surface area contributed by atoms with E-state index in [9.17, 15) is 44.1 Å². The molecule has 0 unspecified atom stereocenters. The zero-order valence-electron chi connectivity index (χ0n) is 29.2. The highest BCUT2D eigenvalue weighted by Gasteiger charge is 2.68. The SMILES string of the molecule is CC(C)C[C@H](NC(=O)[C@H](NC(=O)CCC(=O)OCC(=O)[C@@]1(O)CC[C@@H]2[C@@H]3CCC4=CC(=O)CC[C@]4(C)[C@@H]3[C@@H](O)C[C@@]21C)C(C)C)C(=O)O. The minimum atomic E-state index is -1.79. The lowest BCUT2D eigenvalue weighted by molar-refractivity contribution is -0.184. The number of carbonyl (C=O) groups excluding carboxylic acids is 5. The van der Waals surface area contributed by atoms with Crippen molar-refractivity contribution in [2.45, 2.75) is 130 Å². The number of aliphatic hydroxyl groups excluding tert-OH is 1. The number of aliphatic hydroxyl groups is 2. The molecule has 3 fully saturated rings. The molecule has 4 rings (SSSR count). The maximum absolute atomic E-state index is 13.5. The van der Waals surface area contributed by atoms with E-state index in [1.54, 1.807) is 19.9 Å². The molecular formula is C36H54N2O10. The van der Waals surface area contributed by atoms with E-state index in [-0.39, 0.29) is 72.9 Å². The second-order valence-corrected chi connectivity index (χ2v) is 15.9. The number of aliphatic carboxylic acids is 1. The van der Waals surface area contributed by atoms with Crippen LogP contribution in [0.4, 0.5) is 0 Å². The van der Waals surface area contributed by atoms with Crippen LogP contribution in [0, 0.1) is 40.4 Å². The van der Waals surface area contributed by atoms with Crippen LogP contribution < -0.4 is 10.6 Å². The van der Waals surface area contributed by atoms with Gasteiger partial charge in [-0.1, -0.05) is 47.1 Å². The fourth-order valence-electron chi connectivity index (χ4n) is 9.44. The van der Waals surface area contributed by atoms with E-state index in [4.69, 9.17) is 4.74 Å². The second kappa shape index (κ2) is 14.4. The van der Waals surface area contributed by atoms with Gasteiger partial charge in [0, 0.05) is 18.3 Å². The molecule has 12 heteroatoms. The number of carbonyl (C=O) groups is 6. The summed E-state index contributed by atoms with van der Waals surface area (Å²) in [5, 5.41) is 38.0. The number of carboxylic acid groups (broad SMARTS) is 1. The number of fused-ring (bicyclic) bond motifs is 5. The third-order valence-electron chi connectivity index (χ3n) is 12.0. The highest BCUT2D eigenvalue weighted by atomic mass is 16.5. The number of esters is 1. The number of hydrogen-bond donors (Lipinski definition) is 5. The van der Waals surface area contributed by atoms with Gasteiger partial charge in [-0.2, -0.15) is 0 Å². The first-order valence-corrected chi connectivity index (χ1v) is 17.5. The van der Waals surface area contributed by atoms with E-state index >= 15 is 0 Å². The Morgan fingerprint density at radius 3 is 2.31 bits per heavy atom. The summed E-state index contributed by atoms with van der Waals surface area (Å²) in [6.07, 6.45) is 4.21. The average Bonchev–Trinajstić information content (AvgIpc) is 3.27. The zero-order chi connectivity index (χ0) is 35.8. The molecule has 0 aromatic carbocycles. The third-order valence-corrected chi connectivity index (χ3v) is 12.0. The van der Waals surface area contributed by atoms with Crippen LogP contribution in [0.2, 0.25) is 0 Å². The minimum Gasteiger partial charge on any atom is -0.480 e. The molecule has 3 saturated carbocycles. The molecule has 0 aromatic heterocycles. The average molecular weight is 675 g/mol. The molecule has 0 aliphatic heterocycles. The number of carboxylic acids is 1. The topological polar surface area (TPSA) is 196 Å². The molecule has 9 atom stereocenters. The summed E-state index contributed by atoms with van der Waals surface area (Å²) < 4.78 is 5.23. The molecule has 0 heterocycles. The van der Waals surface area contributed by atoms with Crippen LogP contribution in [0.15, 0.2) is 11.6 Å². The number of rotatable bonds is 13. The molecule has 0 saturated heterocycles. The van der Waals surface area contributed by atoms with Crippen molar-refractivity contribution in [2.75, 3.05) is 6.61 Å². The van der Waals surface area contributed by atoms with Gasteiger partial charge in [0.2, 0.25) is 17.6 Å². The molecule has 0 radical (unpaired) electrons. The van der Waals surface area contributed by atoms with Gasteiger partial charge < -0.3 is 30.7 Å². The van der Waals surface area contributed by atoms with Crippen molar-refractivity contribution in [3.05, 3.63) is 11.6 Å². The molecule has 4 aliphatic rings. The van der Waals surface area contributed by atoms with Gasteiger partial charge in [-0.25, -0.2) is 4.79 Å². The largest absolute Gasteiger partial charge is 0.480 e. The lowest BCUT2D eigenvalue weighted by Gasteiger charge is -2.60. The highest BCUT2D eigenvalue weighted by Crippen LogP contribution is 2.67. The molecule has 268 valence electrons. The van der Waals surface area contributed by atoms with Gasteiger partial charge in [-0.3, -0.25) is 24.0 Å². The Kier molecular flexibility index (Phi) is 11.3. The fourth-order valence-corrected chi connectivity index (χ4v) is 9.44. The summed E-state index contributed by atoms with van der Waals surface area (Å²) in [6, 6.07) is -2.12. The van der Waals surface area contributed by atoms with Crippen LogP contribution in [-0.4, -0.2) is 81.0 Å². The summed E-state index contributed by atoms with van der Waals surface area (Å²) in [6.45, 7) is 10.4. The first-order chi connectivity index (χ1) is 22.3. The van der Waals surface area contributed by atoms with Crippen molar-refractivity contribution in [2.24, 2.45) is 40.4 Å². The van der Waals surface area contributed by atoms with Crippen molar-refractivity contribution >= 4 is 35.3 Å². The minimum absolute atomic E-state index is 0.0162. The number of allylic oxidation sites excluding steroid dienone is 1. The molecular weight excluding hydrogens is 620 g/mol. The predicted molar refractivity (Wildman–Crippen MR) is 174 cm³/mol. The number of Topliss-reactive ketones (excluding diaryl/α,β-unsaturated/α-hetero) is 1. The molecule has 0 bridgehead atoms. The van der Waals surface area contributed by atoms with Crippen molar-refractivity contribution in [3.8, 4) is 0 Å². The van der Waals surface area contributed by atoms with Gasteiger partial charge in [0.15, 0.2) is 12.4 Å². The van der Waals surface area contributed by atoms with E-state index < -0.39 is 65.3 Å². The Hall–Kier alpha value is -3.12. The monoisotopic (exact) mass is 674 g/mol. The Bertz CT molecular complexity index is 1340. The van der Waals surface area contributed by atoms with Gasteiger partial charge in [-0.15, -0.1) is 0 Å². The molecule has 0 spiro atoms. The van der Waals surface area contributed by atoms with Gasteiger partial charge in [-0.05, 0) is 86.0 Å². The molecule has 0 aromatic rings. The normalized spacial score (nSPS) is 33.9. The molecule has 5 N–H and O–H groups in total. The number of nitrogens with one attached hydrogen (secondary N) is 2. The number of ketones is 2. The van der Waals surface area contributed by atoms with E-state index in [0.29, 0.717) is 19.3 Å². The van der Waals surface area contributed by atoms with Crippen LogP contribution in [0.3, 0.4) is 0 Å². The van der Waals surface area contributed by atoms with Crippen LogP contribution in [0.25, 0.3) is 0 Å². The summed E-state index contributed by atoms with van der Waals surface area (Å²) in [5.41, 5.74) is -1.90. The second-order valence-electron chi connectivity index (χ2n) is 15.9. The first kappa shape index (κ1) is 37.7. The Morgan fingerprint density at radius 1 is 1.00 bits per heavy atom. The quantitative estimate of drug-likeness (QED) is 0.181. The predicted octanol–water partition coefficient (Wildman–Crippen LogP) is 2.87. The smallest absolute Gasteiger partial charge is 0.326 e. The van der Waals surface area contributed by atoms with Gasteiger partial charge in [0.25, 0.3) is 0 Å². The first-order valence-electron chi connectivity index (χ1n) is 17.5. The van der Waals surface area contributed by atoms with Crippen molar-refractivity contribution in [3.63, 3.8) is 0 Å². The van der Waals surface area contributed by atoms with E-state index in [1.807, 2.05) is 20.8 Å².